The van der Waals surface area contributed by atoms with Gasteiger partial charge < -0.3 is 24.3 Å². The van der Waals surface area contributed by atoms with Crippen LogP contribution in [0.4, 0.5) is 0 Å². The quantitative estimate of drug-likeness (QED) is 0.308. The zero-order chi connectivity index (χ0) is 25.7. The van der Waals surface area contributed by atoms with Crippen LogP contribution in [0.1, 0.15) is 38.7 Å². The maximum absolute atomic E-state index is 13.8. The van der Waals surface area contributed by atoms with Gasteiger partial charge in [0, 0.05) is 28.3 Å². The highest BCUT2D eigenvalue weighted by atomic mass is 32.2. The van der Waals surface area contributed by atoms with Crippen molar-refractivity contribution in [2.45, 2.75) is 33.1 Å². The fourth-order valence-electron chi connectivity index (χ4n) is 4.74. The number of methoxy groups -OCH3 is 3. The number of ketones is 1. The fraction of sp³-hybridized carbons (Fsp3) is 0.500. The maximum Gasteiger partial charge on any atom is 0.336 e. The van der Waals surface area contributed by atoms with Gasteiger partial charge in [-0.3, -0.25) is 9.59 Å². The number of rotatable bonds is 9. The molecule has 0 saturated carbocycles. The summed E-state index contributed by atoms with van der Waals surface area (Å²) in [6, 6.07) is 5.24. The summed E-state index contributed by atoms with van der Waals surface area (Å²) < 4.78 is 21.6. The number of benzene rings is 1. The number of esters is 2. The second-order valence-electron chi connectivity index (χ2n) is 8.48. The third kappa shape index (κ3) is 5.34. The number of allylic oxidation sites excluding steroid dienone is 3. The van der Waals surface area contributed by atoms with Crippen LogP contribution in [-0.4, -0.2) is 57.2 Å². The molecule has 1 aliphatic heterocycles. The van der Waals surface area contributed by atoms with Gasteiger partial charge in [-0.15, -0.1) is 0 Å². The van der Waals surface area contributed by atoms with Gasteiger partial charge in [-0.2, -0.15) is 11.8 Å². The molecular formula is C26H33NO7S. The van der Waals surface area contributed by atoms with Gasteiger partial charge in [-0.1, -0.05) is 13.8 Å². The highest BCUT2D eigenvalue weighted by molar-refractivity contribution is 7.99. The van der Waals surface area contributed by atoms with Crippen molar-refractivity contribution in [3.05, 3.63) is 46.3 Å². The van der Waals surface area contributed by atoms with Crippen molar-refractivity contribution in [1.29, 1.82) is 0 Å². The number of Topliss-reactive ketones (excluding diaryl/α,β-unsaturated/α-hetero) is 1. The summed E-state index contributed by atoms with van der Waals surface area (Å²) >= 11 is 1.67. The average Bonchev–Trinajstić information content (AvgIpc) is 2.84. The number of nitrogens with one attached hydrogen (secondary N) is 1. The maximum atomic E-state index is 13.8. The van der Waals surface area contributed by atoms with Gasteiger partial charge in [0.2, 0.25) is 0 Å². The highest BCUT2D eigenvalue weighted by Gasteiger charge is 2.48. The van der Waals surface area contributed by atoms with E-state index in [-0.39, 0.29) is 18.3 Å². The smallest absolute Gasteiger partial charge is 0.336 e. The van der Waals surface area contributed by atoms with E-state index in [1.165, 1.54) is 14.2 Å². The van der Waals surface area contributed by atoms with Crippen LogP contribution >= 0.6 is 11.8 Å². The molecule has 2 aliphatic rings. The molecule has 3 atom stereocenters. The Hall–Kier alpha value is -2.94. The van der Waals surface area contributed by atoms with Crippen molar-refractivity contribution < 1.29 is 33.3 Å². The summed E-state index contributed by atoms with van der Waals surface area (Å²) in [5.41, 5.74) is 2.53. The van der Waals surface area contributed by atoms with Gasteiger partial charge >= 0.3 is 11.9 Å². The molecule has 190 valence electrons. The summed E-state index contributed by atoms with van der Waals surface area (Å²) in [5.74, 6) is -0.865. The van der Waals surface area contributed by atoms with Crippen LogP contribution in [0.3, 0.4) is 0 Å². The molecule has 1 N–H and O–H groups in total. The molecular weight excluding hydrogens is 470 g/mol. The Balaban J connectivity index is 2.17. The first-order valence-corrected chi connectivity index (χ1v) is 12.7. The first-order valence-electron chi connectivity index (χ1n) is 11.6. The van der Waals surface area contributed by atoms with Crippen molar-refractivity contribution in [3.63, 3.8) is 0 Å². The van der Waals surface area contributed by atoms with E-state index in [0.29, 0.717) is 51.8 Å². The Bertz CT molecular complexity index is 1060. The molecule has 1 aromatic carbocycles. The number of hydrogen-bond acceptors (Lipinski definition) is 9. The van der Waals surface area contributed by atoms with E-state index in [1.807, 2.05) is 13.8 Å². The Morgan fingerprint density at radius 3 is 2.54 bits per heavy atom. The number of carbonyl (C=O) groups excluding carboxylic acids is 3. The standard InChI is InChI=1S/C26H33NO7S/c1-7-35-11-10-34-26(30)21-15(3)27-18-12-14(2)20(25(29)33-6)24(28)23(18)22(21)17-13-16(31-4)8-9-19(17)32-5/h8-9,13-14,20,22,27H,7,10-12H2,1-6H3/t14-,20-,22+/m1/s1. The van der Waals surface area contributed by atoms with Gasteiger partial charge in [-0.05, 0) is 43.2 Å². The SMILES string of the molecule is CCSCCOC(=O)C1=C(C)NC2=C(C(=O)[C@H](C(=O)OC)[C@H](C)C2)[C@H]1c1cc(OC)ccc1OC. The van der Waals surface area contributed by atoms with E-state index in [9.17, 15) is 14.4 Å². The lowest BCUT2D eigenvalue weighted by Gasteiger charge is -2.38. The van der Waals surface area contributed by atoms with Crippen molar-refractivity contribution in [2.24, 2.45) is 11.8 Å². The molecule has 8 nitrogen and oxygen atoms in total. The van der Waals surface area contributed by atoms with Crippen molar-refractivity contribution in [3.8, 4) is 11.5 Å². The van der Waals surface area contributed by atoms with Crippen LogP contribution in [0, 0.1) is 11.8 Å². The lowest BCUT2D eigenvalue weighted by atomic mass is 9.69. The van der Waals surface area contributed by atoms with Crippen LogP contribution < -0.4 is 14.8 Å². The van der Waals surface area contributed by atoms with Gasteiger partial charge in [-0.25, -0.2) is 4.79 Å². The molecule has 1 aliphatic carbocycles. The highest BCUT2D eigenvalue weighted by Crippen LogP contribution is 2.48. The van der Waals surface area contributed by atoms with Crippen LogP contribution in [-0.2, 0) is 23.9 Å². The Kier molecular flexibility index (Phi) is 8.88. The Morgan fingerprint density at radius 2 is 1.91 bits per heavy atom. The molecule has 0 fully saturated rings. The van der Waals surface area contributed by atoms with Gasteiger partial charge in [0.15, 0.2) is 5.78 Å². The topological polar surface area (TPSA) is 100 Å². The largest absolute Gasteiger partial charge is 0.497 e. The normalized spacial score (nSPS) is 21.8. The molecule has 9 heteroatoms. The second-order valence-corrected chi connectivity index (χ2v) is 9.87. The summed E-state index contributed by atoms with van der Waals surface area (Å²) in [4.78, 5) is 39.8. The lowest BCUT2D eigenvalue weighted by Crippen LogP contribution is -2.43. The fourth-order valence-corrected chi connectivity index (χ4v) is 5.23. The summed E-state index contributed by atoms with van der Waals surface area (Å²) in [7, 11) is 4.34. The zero-order valence-electron chi connectivity index (χ0n) is 21.1. The van der Waals surface area contributed by atoms with E-state index < -0.39 is 23.8 Å². The predicted octanol–water partition coefficient (Wildman–Crippen LogP) is 3.61. The number of hydrogen-bond donors (Lipinski definition) is 1. The summed E-state index contributed by atoms with van der Waals surface area (Å²) in [6.45, 7) is 5.93. The number of thioether (sulfide) groups is 1. The lowest BCUT2D eigenvalue weighted by molar-refractivity contribution is -0.151. The molecule has 0 spiro atoms. The number of ether oxygens (including phenoxy) is 4. The molecule has 0 radical (unpaired) electrons. The third-order valence-corrected chi connectivity index (χ3v) is 7.24. The monoisotopic (exact) mass is 503 g/mol. The van der Waals surface area contributed by atoms with Gasteiger partial charge in [0.25, 0.3) is 0 Å². The average molecular weight is 504 g/mol. The number of carbonyl (C=O) groups is 3. The zero-order valence-corrected chi connectivity index (χ0v) is 21.9. The van der Waals surface area contributed by atoms with Gasteiger partial charge in [0.1, 0.15) is 24.0 Å². The van der Waals surface area contributed by atoms with E-state index in [1.54, 1.807) is 44.0 Å². The van der Waals surface area contributed by atoms with Crippen LogP contribution in [0.25, 0.3) is 0 Å². The van der Waals surface area contributed by atoms with E-state index in [4.69, 9.17) is 18.9 Å². The van der Waals surface area contributed by atoms with Gasteiger partial charge in [0.05, 0.1) is 32.8 Å². The summed E-state index contributed by atoms with van der Waals surface area (Å²) in [5, 5.41) is 3.26. The number of dihydropyridines is 1. The van der Waals surface area contributed by atoms with Crippen molar-refractivity contribution in [2.75, 3.05) is 39.4 Å². The Labute approximate surface area is 210 Å². The van der Waals surface area contributed by atoms with Crippen LogP contribution in [0.5, 0.6) is 11.5 Å². The minimum Gasteiger partial charge on any atom is -0.497 e. The molecule has 3 rings (SSSR count). The molecule has 0 saturated heterocycles. The van der Waals surface area contributed by atoms with E-state index >= 15 is 0 Å². The molecule has 0 amide bonds. The molecule has 0 aromatic heterocycles. The molecule has 0 bridgehead atoms. The van der Waals surface area contributed by atoms with Crippen molar-refractivity contribution >= 4 is 29.5 Å². The Morgan fingerprint density at radius 1 is 1.17 bits per heavy atom. The molecule has 0 unspecified atom stereocenters. The minimum absolute atomic E-state index is 0.248. The van der Waals surface area contributed by atoms with Crippen molar-refractivity contribution in [1.82, 2.24) is 5.32 Å². The molecule has 35 heavy (non-hydrogen) atoms. The second kappa shape index (κ2) is 11.7. The first kappa shape index (κ1) is 26.7. The molecule has 1 heterocycles. The third-order valence-electron chi connectivity index (χ3n) is 6.38. The predicted molar refractivity (Wildman–Crippen MR) is 133 cm³/mol. The van der Waals surface area contributed by atoms with E-state index in [0.717, 1.165) is 5.75 Å². The first-order chi connectivity index (χ1) is 16.8. The summed E-state index contributed by atoms with van der Waals surface area (Å²) in [6.07, 6.45) is 0.455. The van der Waals surface area contributed by atoms with Crippen LogP contribution in [0.15, 0.2) is 40.7 Å². The van der Waals surface area contributed by atoms with E-state index in [2.05, 4.69) is 5.32 Å². The van der Waals surface area contributed by atoms with Crippen LogP contribution in [0.2, 0.25) is 0 Å². The minimum atomic E-state index is -0.962. The molecule has 1 aromatic rings.